The molecule has 10 nitrogen and oxygen atoms in total. The summed E-state index contributed by atoms with van der Waals surface area (Å²) in [6.07, 6.45) is 0. The Morgan fingerprint density at radius 2 is 0.663 bits per heavy atom. The quantitative estimate of drug-likeness (QED) is 0.0988. The van der Waals surface area contributed by atoms with E-state index in [1.54, 1.807) is 0 Å². The molecule has 0 amide bonds. The molecule has 8 aromatic heterocycles. The highest BCUT2D eigenvalue weighted by atomic mass is 79.9. The molecule has 86 heavy (non-hydrogen) atoms. The zero-order valence-electron chi connectivity index (χ0n) is 47.2. The first kappa shape index (κ1) is 52.2. The second-order valence-electron chi connectivity index (χ2n) is 22.9. The highest BCUT2D eigenvalue weighted by Crippen LogP contribution is 2.40. The predicted octanol–water partition coefficient (Wildman–Crippen LogP) is 18.3. The molecule has 18 rings (SSSR count). The minimum atomic E-state index is -0.393. The fourth-order valence-corrected chi connectivity index (χ4v) is 13.5. The van der Waals surface area contributed by atoms with Crippen LogP contribution in [0.4, 0.5) is 0 Å². The average molecular weight is 1240 g/mol. The van der Waals surface area contributed by atoms with E-state index in [2.05, 4.69) is 290 Å². The van der Waals surface area contributed by atoms with Crippen molar-refractivity contribution in [1.82, 2.24) is 38.1 Å². The van der Waals surface area contributed by atoms with E-state index < -0.39 is 7.12 Å². The Morgan fingerprint density at radius 3 is 1.06 bits per heavy atom. The molecule has 13 heteroatoms. The Bertz CT molecular complexity index is 5400. The molecule has 0 spiro atoms. The fraction of sp³-hybridized carbons (Fsp3) is 0.0822. The van der Waals surface area contributed by atoms with Gasteiger partial charge in [-0.15, -0.1) is 0 Å². The highest BCUT2D eigenvalue weighted by molar-refractivity contribution is 9.11. The molecule has 0 aliphatic carbocycles. The SMILES string of the molecule is Brc1cccc(Br)n1.CC1(C)OB(c2ccc3c4ccccc4n4c5ccccc5nc4c3c2)OC1(C)C.c1cc(-c2ccc3c4ccccc4n4c5ccccc5nc4c3c2)nc(-c2ccc3c4ccccc4n4c5ccccc5nc4c3c2)c1. The van der Waals surface area contributed by atoms with Gasteiger partial charge in [0.25, 0.3) is 0 Å². The number of imidazole rings is 3. The van der Waals surface area contributed by atoms with Crippen LogP contribution in [0.25, 0.3) is 138 Å². The molecule has 1 fully saturated rings. The van der Waals surface area contributed by atoms with Crippen molar-refractivity contribution in [2.75, 3.05) is 0 Å². The van der Waals surface area contributed by atoms with Crippen molar-refractivity contribution in [1.29, 1.82) is 0 Å². The van der Waals surface area contributed by atoms with Gasteiger partial charge in [0, 0.05) is 43.4 Å². The monoisotopic (exact) mass is 1240 g/mol. The van der Waals surface area contributed by atoms with E-state index >= 15 is 0 Å². The van der Waals surface area contributed by atoms with Crippen LogP contribution in [0, 0.1) is 0 Å². The molecular weight excluding hydrogens is 1190 g/mol. The number of fused-ring (bicyclic) bond motifs is 24. The Labute approximate surface area is 510 Å². The van der Waals surface area contributed by atoms with Crippen molar-refractivity contribution < 1.29 is 9.31 Å². The van der Waals surface area contributed by atoms with E-state index in [0.29, 0.717) is 0 Å². The third-order valence-corrected chi connectivity index (χ3v) is 18.2. The van der Waals surface area contributed by atoms with Gasteiger partial charge in [-0.2, -0.15) is 0 Å². The molecule has 0 atom stereocenters. The van der Waals surface area contributed by atoms with Crippen molar-refractivity contribution in [2.24, 2.45) is 0 Å². The average Bonchev–Trinajstić information content (AvgIpc) is 1.90. The van der Waals surface area contributed by atoms with Crippen LogP contribution >= 0.6 is 31.9 Å². The molecule has 17 aromatic rings. The van der Waals surface area contributed by atoms with Gasteiger partial charge >= 0.3 is 7.12 Å². The first-order chi connectivity index (χ1) is 41.9. The molecule has 9 aromatic carbocycles. The van der Waals surface area contributed by atoms with Crippen LogP contribution in [0.3, 0.4) is 0 Å². The summed E-state index contributed by atoms with van der Waals surface area (Å²) in [6.45, 7) is 8.34. The summed E-state index contributed by atoms with van der Waals surface area (Å²) in [5.74, 6) is 0. The number of benzene rings is 9. The number of halogens is 2. The van der Waals surface area contributed by atoms with Gasteiger partial charge in [-0.05, 0) is 172 Å². The standard InChI is InChI=1S/C43H25N5.C25H23BN2O2.C5H3Br2N/c1-5-16-38-30(10-1)28-22-20-26(24-32(28)42-45-36-12-3-7-18-40(36)47(38)42)34-14-9-15-35(44-34)27-21-23-29-31-11-2-6-17-39(31)48-41-19-8-4-13-37(41)46-43(48)33(29)25-27;1-24(2)25(3,4)30-26(29-24)16-13-14-17-18-9-5-7-11-21(18)28-22-12-8-6-10-20(22)27-23(28)19(17)15-16;6-4-2-1-3-5(7)8-4/h1-25H;5-15H,1-4H3;1-3H. The van der Waals surface area contributed by atoms with Crippen LogP contribution in [0.1, 0.15) is 27.7 Å². The second-order valence-corrected chi connectivity index (χ2v) is 24.6. The van der Waals surface area contributed by atoms with E-state index in [-0.39, 0.29) is 11.2 Å². The summed E-state index contributed by atoms with van der Waals surface area (Å²) >= 11 is 6.44. The molecule has 412 valence electrons. The maximum atomic E-state index is 6.31. The third kappa shape index (κ3) is 8.47. The largest absolute Gasteiger partial charge is 0.494 e. The molecule has 0 unspecified atom stereocenters. The lowest BCUT2D eigenvalue weighted by Gasteiger charge is -2.32. The van der Waals surface area contributed by atoms with E-state index in [1.165, 1.54) is 32.3 Å². The summed E-state index contributed by atoms with van der Waals surface area (Å²) in [5, 5.41) is 10.5. The van der Waals surface area contributed by atoms with Crippen molar-refractivity contribution in [3.05, 3.63) is 246 Å². The molecule has 0 radical (unpaired) electrons. The maximum absolute atomic E-state index is 6.31. The normalized spacial score (nSPS) is 14.0. The number of rotatable bonds is 3. The van der Waals surface area contributed by atoms with Crippen molar-refractivity contribution in [2.45, 2.75) is 38.9 Å². The molecule has 0 N–H and O–H groups in total. The topological polar surface area (TPSA) is 96.1 Å². The van der Waals surface area contributed by atoms with Gasteiger partial charge in [0.1, 0.15) is 26.1 Å². The molecule has 1 saturated heterocycles. The van der Waals surface area contributed by atoms with Gasteiger partial charge in [-0.25, -0.2) is 24.9 Å². The lowest BCUT2D eigenvalue weighted by atomic mass is 9.78. The maximum Gasteiger partial charge on any atom is 0.494 e. The van der Waals surface area contributed by atoms with E-state index in [9.17, 15) is 0 Å². The van der Waals surface area contributed by atoms with Crippen LogP contribution in [-0.4, -0.2) is 56.4 Å². The first-order valence-corrected chi connectivity index (χ1v) is 30.3. The summed E-state index contributed by atoms with van der Waals surface area (Å²) in [5.41, 5.74) is 16.9. The van der Waals surface area contributed by atoms with Gasteiger partial charge in [0.15, 0.2) is 0 Å². The van der Waals surface area contributed by atoms with E-state index in [4.69, 9.17) is 29.2 Å². The molecule has 1 aliphatic rings. The van der Waals surface area contributed by atoms with Gasteiger partial charge in [0.05, 0.1) is 72.2 Å². The molecule has 9 heterocycles. The van der Waals surface area contributed by atoms with Gasteiger partial charge < -0.3 is 9.31 Å². The van der Waals surface area contributed by atoms with Crippen LogP contribution in [0.5, 0.6) is 0 Å². The van der Waals surface area contributed by atoms with E-state index in [1.807, 2.05) is 24.3 Å². The Morgan fingerprint density at radius 1 is 0.314 bits per heavy atom. The number of nitrogens with zero attached hydrogens (tertiary/aromatic N) is 8. The number of para-hydroxylation sites is 9. The van der Waals surface area contributed by atoms with Gasteiger partial charge in [-0.1, -0.05) is 146 Å². The van der Waals surface area contributed by atoms with Gasteiger partial charge in [-0.3, -0.25) is 13.2 Å². The summed E-state index contributed by atoms with van der Waals surface area (Å²) in [4.78, 5) is 24.5. The number of pyridine rings is 5. The highest BCUT2D eigenvalue weighted by Gasteiger charge is 2.51. The minimum absolute atomic E-state index is 0.368. The Kier molecular flexibility index (Phi) is 12.2. The number of hydrogen-bond acceptors (Lipinski definition) is 7. The first-order valence-electron chi connectivity index (χ1n) is 28.7. The molecule has 0 saturated carbocycles. The summed E-state index contributed by atoms with van der Waals surface area (Å²) in [7, 11) is -0.393. The second kappa shape index (κ2) is 20.1. The van der Waals surface area contributed by atoms with Gasteiger partial charge in [0.2, 0.25) is 0 Å². The van der Waals surface area contributed by atoms with Crippen molar-refractivity contribution >= 4 is 160 Å². The third-order valence-electron chi connectivity index (χ3n) is 17.3. The van der Waals surface area contributed by atoms with Crippen molar-refractivity contribution in [3.63, 3.8) is 0 Å². The molecule has 0 bridgehead atoms. The Balaban J connectivity index is 0.000000134. The predicted molar refractivity (Wildman–Crippen MR) is 361 cm³/mol. The zero-order valence-corrected chi connectivity index (χ0v) is 50.4. The fourth-order valence-electron chi connectivity index (χ4n) is 12.5. The lowest BCUT2D eigenvalue weighted by molar-refractivity contribution is 0.00578. The lowest BCUT2D eigenvalue weighted by Crippen LogP contribution is -2.41. The number of hydrogen-bond donors (Lipinski definition) is 0. The smallest absolute Gasteiger partial charge is 0.399 e. The molecular formula is C73H51BBr2N8O2. The zero-order chi connectivity index (χ0) is 58.0. The summed E-state index contributed by atoms with van der Waals surface area (Å²) in [6, 6.07) is 82.5. The van der Waals surface area contributed by atoms with Crippen LogP contribution in [0.15, 0.2) is 246 Å². The van der Waals surface area contributed by atoms with Crippen LogP contribution in [0.2, 0.25) is 0 Å². The minimum Gasteiger partial charge on any atom is -0.399 e. The van der Waals surface area contributed by atoms with Crippen LogP contribution < -0.4 is 5.46 Å². The van der Waals surface area contributed by atoms with Crippen molar-refractivity contribution in [3.8, 4) is 22.5 Å². The number of aromatic nitrogens is 8. The van der Waals surface area contributed by atoms with Crippen LogP contribution in [-0.2, 0) is 9.31 Å². The molecule has 1 aliphatic heterocycles. The Hall–Kier alpha value is -9.37. The summed E-state index contributed by atoms with van der Waals surface area (Å²) < 4.78 is 21.2. The van der Waals surface area contributed by atoms with E-state index in [0.717, 1.165) is 120 Å².